The average Bonchev–Trinajstić information content (AvgIpc) is 3.17. The summed E-state index contributed by atoms with van der Waals surface area (Å²) >= 11 is 2.92. The van der Waals surface area contributed by atoms with Gasteiger partial charge in [-0.25, -0.2) is 4.98 Å². The van der Waals surface area contributed by atoms with Crippen LogP contribution >= 0.6 is 23.1 Å². The highest BCUT2D eigenvalue weighted by Gasteiger charge is 2.12. The van der Waals surface area contributed by atoms with Gasteiger partial charge < -0.3 is 10.6 Å². The predicted octanol–water partition coefficient (Wildman–Crippen LogP) is 6.20. The summed E-state index contributed by atoms with van der Waals surface area (Å²) in [4.78, 5) is 29.5. The highest BCUT2D eigenvalue weighted by molar-refractivity contribution is 8.01. The van der Waals surface area contributed by atoms with Crippen LogP contribution in [0.3, 0.4) is 0 Å². The van der Waals surface area contributed by atoms with Crippen molar-refractivity contribution in [1.82, 2.24) is 4.98 Å². The molecule has 0 aliphatic heterocycles. The Balaban J connectivity index is 1.40. The lowest BCUT2D eigenvalue weighted by atomic mass is 10.1. The van der Waals surface area contributed by atoms with Gasteiger partial charge in [0, 0.05) is 16.9 Å². The van der Waals surface area contributed by atoms with Crippen LogP contribution < -0.4 is 10.6 Å². The number of benzene rings is 3. The number of hydrogen-bond donors (Lipinski definition) is 2. The molecule has 0 saturated carbocycles. The van der Waals surface area contributed by atoms with Crippen LogP contribution in [-0.2, 0) is 4.79 Å². The maximum absolute atomic E-state index is 12.5. The first-order valence-corrected chi connectivity index (χ1v) is 12.0. The summed E-state index contributed by atoms with van der Waals surface area (Å²) in [7, 11) is 0. The number of fused-ring (bicyclic) bond motifs is 1. The van der Waals surface area contributed by atoms with E-state index < -0.39 is 0 Å². The van der Waals surface area contributed by atoms with Gasteiger partial charge in [-0.05, 0) is 62.2 Å². The van der Waals surface area contributed by atoms with Crippen LogP contribution in [0.25, 0.3) is 10.2 Å². The molecule has 0 aliphatic carbocycles. The molecule has 0 unspecified atom stereocenters. The first-order chi connectivity index (χ1) is 15.4. The van der Waals surface area contributed by atoms with Crippen molar-refractivity contribution in [2.45, 2.75) is 25.1 Å². The third-order valence-electron chi connectivity index (χ3n) is 4.93. The Morgan fingerprint density at radius 2 is 1.66 bits per heavy atom. The number of thioether (sulfide) groups is 1. The van der Waals surface area contributed by atoms with Crippen LogP contribution in [0.5, 0.6) is 0 Å². The summed E-state index contributed by atoms with van der Waals surface area (Å²) in [5, 5.41) is 5.95. The van der Waals surface area contributed by atoms with E-state index in [4.69, 9.17) is 0 Å². The number of carbonyl (C=O) groups excluding carboxylic acids is 2. The van der Waals surface area contributed by atoms with E-state index in [9.17, 15) is 9.59 Å². The van der Waals surface area contributed by atoms with Crippen LogP contribution in [0, 0.1) is 20.8 Å². The van der Waals surface area contributed by atoms with E-state index in [0.717, 1.165) is 37.1 Å². The topological polar surface area (TPSA) is 71.1 Å². The number of aromatic nitrogens is 1. The molecule has 4 rings (SSSR count). The molecule has 2 N–H and O–H groups in total. The van der Waals surface area contributed by atoms with Crippen LogP contribution in [0.2, 0.25) is 0 Å². The minimum atomic E-state index is -0.151. The minimum Gasteiger partial charge on any atom is -0.325 e. The molecule has 0 fully saturated rings. The lowest BCUT2D eigenvalue weighted by Gasteiger charge is -2.12. The van der Waals surface area contributed by atoms with E-state index in [2.05, 4.69) is 27.8 Å². The van der Waals surface area contributed by atoms with Gasteiger partial charge in [0.25, 0.3) is 5.91 Å². The zero-order valence-corrected chi connectivity index (χ0v) is 19.7. The normalized spacial score (nSPS) is 10.8. The van der Waals surface area contributed by atoms with Crippen molar-refractivity contribution >= 4 is 56.5 Å². The maximum atomic E-state index is 12.5. The van der Waals surface area contributed by atoms with E-state index >= 15 is 0 Å². The number of rotatable bonds is 6. The number of anilines is 2. The third-order valence-corrected chi connectivity index (χ3v) is 7.09. The Morgan fingerprint density at radius 3 is 2.38 bits per heavy atom. The monoisotopic (exact) mass is 461 g/mol. The molecular weight excluding hydrogens is 438 g/mol. The highest BCUT2D eigenvalue weighted by atomic mass is 32.2. The fraction of sp³-hybridized carbons (Fsp3) is 0.160. The molecule has 3 aromatic carbocycles. The highest BCUT2D eigenvalue weighted by Crippen LogP contribution is 2.31. The van der Waals surface area contributed by atoms with E-state index in [0.29, 0.717) is 5.56 Å². The van der Waals surface area contributed by atoms with Crippen LogP contribution in [0.15, 0.2) is 65.0 Å². The Bertz CT molecular complexity index is 1280. The van der Waals surface area contributed by atoms with Gasteiger partial charge in [-0.1, -0.05) is 47.7 Å². The van der Waals surface area contributed by atoms with Crippen molar-refractivity contribution in [2.24, 2.45) is 0 Å². The summed E-state index contributed by atoms with van der Waals surface area (Å²) in [6.45, 7) is 6.06. The molecule has 4 aromatic rings. The second-order valence-electron chi connectivity index (χ2n) is 7.59. The number of amides is 2. The van der Waals surface area contributed by atoms with Crippen LogP contribution in [0.1, 0.15) is 27.0 Å². The molecule has 2 amide bonds. The Kier molecular flexibility index (Phi) is 6.58. The maximum Gasteiger partial charge on any atom is 0.255 e. The summed E-state index contributed by atoms with van der Waals surface area (Å²) in [6.07, 6.45) is 0. The number of carbonyl (C=O) groups is 2. The molecule has 32 heavy (non-hydrogen) atoms. The van der Waals surface area contributed by atoms with Gasteiger partial charge in [0.1, 0.15) is 0 Å². The molecule has 0 radical (unpaired) electrons. The first-order valence-electron chi connectivity index (χ1n) is 10.2. The molecule has 5 nitrogen and oxygen atoms in total. The zero-order chi connectivity index (χ0) is 22.7. The summed E-state index contributed by atoms with van der Waals surface area (Å²) in [5.74, 6) is 0.0760. The molecule has 0 bridgehead atoms. The Hall–Kier alpha value is -3.16. The lowest BCUT2D eigenvalue weighted by molar-refractivity contribution is -0.113. The quantitative estimate of drug-likeness (QED) is 0.335. The van der Waals surface area contributed by atoms with Gasteiger partial charge in [-0.2, -0.15) is 0 Å². The number of thiazole rings is 1. The lowest BCUT2D eigenvalue weighted by Crippen LogP contribution is -2.15. The standard InChI is InChI=1S/C25H23N3O2S2/c1-15-11-16(2)23(17(3)12-15)28-22(29)14-31-25-27-20-10-9-19(13-21(20)32-25)26-24(30)18-7-5-4-6-8-18/h4-13H,14H2,1-3H3,(H,26,30)(H,28,29). The molecule has 0 atom stereocenters. The number of aryl methyl sites for hydroxylation is 3. The van der Waals surface area contributed by atoms with Crippen molar-refractivity contribution in [3.05, 3.63) is 82.9 Å². The van der Waals surface area contributed by atoms with Crippen molar-refractivity contribution < 1.29 is 9.59 Å². The molecule has 1 heterocycles. The molecule has 0 aliphatic rings. The summed E-state index contributed by atoms with van der Waals surface area (Å²) in [5.41, 5.74) is 6.36. The molecular formula is C25H23N3O2S2. The van der Waals surface area contributed by atoms with Crippen molar-refractivity contribution in [2.75, 3.05) is 16.4 Å². The van der Waals surface area contributed by atoms with Gasteiger partial charge in [-0.15, -0.1) is 11.3 Å². The van der Waals surface area contributed by atoms with Gasteiger partial charge in [0.15, 0.2) is 4.34 Å². The van der Waals surface area contributed by atoms with Crippen molar-refractivity contribution in [3.63, 3.8) is 0 Å². The van der Waals surface area contributed by atoms with Gasteiger partial charge >= 0.3 is 0 Å². The molecule has 0 spiro atoms. The number of hydrogen-bond acceptors (Lipinski definition) is 5. The summed E-state index contributed by atoms with van der Waals surface area (Å²) in [6, 6.07) is 18.9. The Labute approximate surface area is 195 Å². The third kappa shape index (κ3) is 5.18. The number of nitrogens with one attached hydrogen (secondary N) is 2. The van der Waals surface area contributed by atoms with Crippen molar-refractivity contribution in [1.29, 1.82) is 0 Å². The fourth-order valence-electron chi connectivity index (χ4n) is 3.52. The predicted molar refractivity (Wildman–Crippen MR) is 134 cm³/mol. The first kappa shape index (κ1) is 22.0. The minimum absolute atomic E-state index is 0.0554. The smallest absolute Gasteiger partial charge is 0.255 e. The second kappa shape index (κ2) is 9.54. The second-order valence-corrected chi connectivity index (χ2v) is 9.85. The largest absolute Gasteiger partial charge is 0.325 e. The van der Waals surface area contributed by atoms with Gasteiger partial charge in [0.05, 0.1) is 16.0 Å². The molecule has 162 valence electrons. The van der Waals surface area contributed by atoms with E-state index in [1.54, 1.807) is 12.1 Å². The van der Waals surface area contributed by atoms with E-state index in [1.807, 2.05) is 57.2 Å². The SMILES string of the molecule is Cc1cc(C)c(NC(=O)CSc2nc3ccc(NC(=O)c4ccccc4)cc3s2)c(C)c1. The molecule has 1 aromatic heterocycles. The van der Waals surface area contributed by atoms with Gasteiger partial charge in [0.2, 0.25) is 5.91 Å². The summed E-state index contributed by atoms with van der Waals surface area (Å²) < 4.78 is 1.78. The van der Waals surface area contributed by atoms with Gasteiger partial charge in [-0.3, -0.25) is 9.59 Å². The average molecular weight is 462 g/mol. The molecule has 0 saturated heterocycles. The van der Waals surface area contributed by atoms with Crippen LogP contribution in [-0.4, -0.2) is 22.6 Å². The van der Waals surface area contributed by atoms with E-state index in [1.165, 1.54) is 28.7 Å². The van der Waals surface area contributed by atoms with Crippen molar-refractivity contribution in [3.8, 4) is 0 Å². The number of nitrogens with zero attached hydrogens (tertiary/aromatic N) is 1. The fourth-order valence-corrected chi connectivity index (χ4v) is 5.42. The van der Waals surface area contributed by atoms with Crippen LogP contribution in [0.4, 0.5) is 11.4 Å². The zero-order valence-electron chi connectivity index (χ0n) is 18.1. The van der Waals surface area contributed by atoms with E-state index in [-0.39, 0.29) is 17.6 Å². The Morgan fingerprint density at radius 1 is 0.938 bits per heavy atom. The molecule has 7 heteroatoms.